The number of aromatic amines is 1. The summed E-state index contributed by atoms with van der Waals surface area (Å²) >= 11 is 0. The summed E-state index contributed by atoms with van der Waals surface area (Å²) in [5, 5.41) is 1.01. The molecule has 176 valence electrons. The lowest BCUT2D eigenvalue weighted by Crippen LogP contribution is -2.37. The van der Waals surface area contributed by atoms with E-state index in [0.29, 0.717) is 32.1 Å². The third-order valence-electron chi connectivity index (χ3n) is 6.84. The summed E-state index contributed by atoms with van der Waals surface area (Å²) in [5.74, 6) is 0.987. The molecule has 0 bridgehead atoms. The maximum atomic E-state index is 13.0. The molecule has 5 rings (SSSR count). The number of sulfonamides is 1. The van der Waals surface area contributed by atoms with Crippen molar-refractivity contribution in [2.75, 3.05) is 33.3 Å². The molecule has 0 radical (unpaired) electrons. The summed E-state index contributed by atoms with van der Waals surface area (Å²) < 4.78 is 38.0. The fraction of sp³-hybridized carbons (Fsp3) is 0.458. The smallest absolute Gasteiger partial charge is 0.289 e. The second-order valence-electron chi connectivity index (χ2n) is 8.81. The largest absolute Gasteiger partial charge is 0.497 e. The number of furan rings is 1. The van der Waals surface area contributed by atoms with E-state index in [4.69, 9.17) is 9.15 Å². The molecule has 1 aromatic carbocycles. The molecule has 2 aliphatic heterocycles. The van der Waals surface area contributed by atoms with Crippen molar-refractivity contribution in [2.24, 2.45) is 0 Å². The van der Waals surface area contributed by atoms with E-state index in [-0.39, 0.29) is 16.8 Å². The zero-order chi connectivity index (χ0) is 23.0. The van der Waals surface area contributed by atoms with Crippen LogP contribution in [0.2, 0.25) is 0 Å². The van der Waals surface area contributed by atoms with Crippen molar-refractivity contribution in [3.05, 3.63) is 47.9 Å². The Kier molecular flexibility index (Phi) is 5.92. The lowest BCUT2D eigenvalue weighted by molar-refractivity contribution is 0.0675. The van der Waals surface area contributed by atoms with Crippen molar-refractivity contribution in [3.8, 4) is 5.75 Å². The third kappa shape index (κ3) is 4.15. The van der Waals surface area contributed by atoms with Crippen LogP contribution in [0.15, 0.2) is 46.0 Å². The van der Waals surface area contributed by atoms with Gasteiger partial charge in [-0.05, 0) is 67.5 Å². The molecule has 33 heavy (non-hydrogen) atoms. The number of nitrogens with zero attached hydrogens (tertiary/aromatic N) is 2. The monoisotopic (exact) mass is 471 g/mol. The third-order valence-corrected chi connectivity index (χ3v) is 8.62. The van der Waals surface area contributed by atoms with Crippen LogP contribution in [0.5, 0.6) is 5.75 Å². The SMILES string of the molecule is COc1ccc2[nH]cc(C3CCN(C(=O)c4ccc(S(=O)(=O)N5CCCCC5)o4)CC3)c2c1. The van der Waals surface area contributed by atoms with E-state index in [2.05, 4.69) is 11.2 Å². The first-order valence-electron chi connectivity index (χ1n) is 11.5. The topological polar surface area (TPSA) is 95.8 Å². The molecule has 3 aromatic rings. The fourth-order valence-electron chi connectivity index (χ4n) is 4.94. The van der Waals surface area contributed by atoms with Gasteiger partial charge in [0.15, 0.2) is 5.76 Å². The van der Waals surface area contributed by atoms with Crippen molar-refractivity contribution in [2.45, 2.75) is 43.1 Å². The van der Waals surface area contributed by atoms with Crippen LogP contribution in [0.25, 0.3) is 10.9 Å². The molecule has 1 N–H and O–H groups in total. The summed E-state index contributed by atoms with van der Waals surface area (Å²) in [5.41, 5.74) is 2.31. The maximum Gasteiger partial charge on any atom is 0.289 e. The number of aromatic nitrogens is 1. The van der Waals surface area contributed by atoms with Crippen molar-refractivity contribution in [1.29, 1.82) is 0 Å². The molecule has 4 heterocycles. The molecule has 2 saturated heterocycles. The normalized spacial score (nSPS) is 18.6. The van der Waals surface area contributed by atoms with Crippen LogP contribution in [0, 0.1) is 0 Å². The summed E-state index contributed by atoms with van der Waals surface area (Å²) in [4.78, 5) is 18.1. The Labute approximate surface area is 193 Å². The molecule has 0 atom stereocenters. The number of amides is 1. The molecule has 2 aliphatic rings. The van der Waals surface area contributed by atoms with Gasteiger partial charge in [0, 0.05) is 43.3 Å². The van der Waals surface area contributed by atoms with Gasteiger partial charge in [-0.25, -0.2) is 8.42 Å². The lowest BCUT2D eigenvalue weighted by Gasteiger charge is -2.31. The Balaban J connectivity index is 1.26. The van der Waals surface area contributed by atoms with Crippen LogP contribution >= 0.6 is 0 Å². The highest BCUT2D eigenvalue weighted by Gasteiger charge is 2.32. The zero-order valence-electron chi connectivity index (χ0n) is 18.7. The Morgan fingerprint density at radius 2 is 1.82 bits per heavy atom. The fourth-order valence-corrected chi connectivity index (χ4v) is 6.37. The van der Waals surface area contributed by atoms with E-state index in [9.17, 15) is 13.2 Å². The molecule has 2 fully saturated rings. The number of hydrogen-bond donors (Lipinski definition) is 1. The van der Waals surface area contributed by atoms with E-state index in [1.165, 1.54) is 22.0 Å². The summed E-state index contributed by atoms with van der Waals surface area (Å²) in [6.45, 7) is 2.18. The van der Waals surface area contributed by atoms with Gasteiger partial charge in [-0.2, -0.15) is 4.31 Å². The number of H-pyrrole nitrogens is 1. The molecule has 0 unspecified atom stereocenters. The number of hydrogen-bond acceptors (Lipinski definition) is 5. The first kappa shape index (κ1) is 22.0. The van der Waals surface area contributed by atoms with Crippen LogP contribution in [0.3, 0.4) is 0 Å². The quantitative estimate of drug-likeness (QED) is 0.608. The van der Waals surface area contributed by atoms with Crippen LogP contribution in [-0.2, 0) is 10.0 Å². The molecule has 2 aromatic heterocycles. The number of carbonyl (C=O) groups excluding carboxylic acids is 1. The van der Waals surface area contributed by atoms with Crippen LogP contribution in [0.1, 0.15) is 54.1 Å². The van der Waals surface area contributed by atoms with Crippen molar-refractivity contribution < 1.29 is 22.4 Å². The van der Waals surface area contributed by atoms with Crippen LogP contribution < -0.4 is 4.74 Å². The van der Waals surface area contributed by atoms with E-state index in [1.807, 2.05) is 18.2 Å². The summed E-state index contributed by atoms with van der Waals surface area (Å²) in [6, 6.07) is 8.89. The Bertz CT molecular complexity index is 1250. The first-order valence-corrected chi connectivity index (χ1v) is 13.0. The highest BCUT2D eigenvalue weighted by Crippen LogP contribution is 2.35. The summed E-state index contributed by atoms with van der Waals surface area (Å²) in [6.07, 6.45) is 6.45. The lowest BCUT2D eigenvalue weighted by atomic mass is 9.89. The van der Waals surface area contributed by atoms with Crippen molar-refractivity contribution in [3.63, 3.8) is 0 Å². The van der Waals surface area contributed by atoms with Gasteiger partial charge >= 0.3 is 0 Å². The van der Waals surface area contributed by atoms with Crippen molar-refractivity contribution in [1.82, 2.24) is 14.2 Å². The molecule has 0 saturated carbocycles. The maximum absolute atomic E-state index is 13.0. The van der Waals surface area contributed by atoms with Crippen LogP contribution in [-0.4, -0.2) is 61.8 Å². The number of piperidine rings is 2. The van der Waals surface area contributed by atoms with Gasteiger partial charge in [-0.3, -0.25) is 4.79 Å². The van der Waals surface area contributed by atoms with Gasteiger partial charge in [0.2, 0.25) is 5.09 Å². The molecule has 0 aliphatic carbocycles. The number of rotatable bonds is 5. The Morgan fingerprint density at radius 3 is 2.55 bits per heavy atom. The zero-order valence-corrected chi connectivity index (χ0v) is 19.6. The average Bonchev–Trinajstić information content (AvgIpc) is 3.52. The minimum absolute atomic E-state index is 0.0841. The average molecular weight is 472 g/mol. The van der Waals surface area contributed by atoms with E-state index in [1.54, 1.807) is 12.0 Å². The van der Waals surface area contributed by atoms with E-state index in [0.717, 1.165) is 48.8 Å². The van der Waals surface area contributed by atoms with Gasteiger partial charge in [-0.1, -0.05) is 6.42 Å². The molecular weight excluding hydrogens is 442 g/mol. The molecule has 1 amide bonds. The van der Waals surface area contributed by atoms with Crippen LogP contribution in [0.4, 0.5) is 0 Å². The number of likely N-dealkylation sites (tertiary alicyclic amines) is 1. The molecule has 0 spiro atoms. The first-order chi connectivity index (χ1) is 16.0. The molecule has 9 heteroatoms. The number of carbonyl (C=O) groups is 1. The number of fused-ring (bicyclic) bond motifs is 1. The summed E-state index contributed by atoms with van der Waals surface area (Å²) in [7, 11) is -2.03. The van der Waals surface area contributed by atoms with Gasteiger partial charge in [0.05, 0.1) is 7.11 Å². The standard InChI is InChI=1S/C24H29N3O5S/c1-31-18-5-6-21-19(15-18)20(16-25-21)17-9-13-26(14-10-17)24(28)22-7-8-23(32-22)33(29,30)27-11-3-2-4-12-27/h5-8,15-17,25H,2-4,9-14H2,1H3. The van der Waals surface area contributed by atoms with Gasteiger partial charge in [-0.15, -0.1) is 0 Å². The second kappa shape index (κ2) is 8.87. The highest BCUT2D eigenvalue weighted by atomic mass is 32.2. The van der Waals surface area contributed by atoms with E-state index >= 15 is 0 Å². The predicted octanol–water partition coefficient (Wildman–Crippen LogP) is 3.96. The number of benzene rings is 1. The minimum atomic E-state index is -3.69. The predicted molar refractivity (Wildman–Crippen MR) is 124 cm³/mol. The Morgan fingerprint density at radius 1 is 1.06 bits per heavy atom. The number of ether oxygens (including phenoxy) is 1. The molecule has 8 nitrogen and oxygen atoms in total. The Hall–Kier alpha value is -2.78. The molecular formula is C24H29N3O5S. The highest BCUT2D eigenvalue weighted by molar-refractivity contribution is 7.89. The van der Waals surface area contributed by atoms with Gasteiger partial charge in [0.1, 0.15) is 5.75 Å². The van der Waals surface area contributed by atoms with E-state index < -0.39 is 10.0 Å². The number of nitrogens with one attached hydrogen (secondary N) is 1. The minimum Gasteiger partial charge on any atom is -0.497 e. The number of methoxy groups -OCH3 is 1. The van der Waals surface area contributed by atoms with Crippen molar-refractivity contribution >= 4 is 26.8 Å². The second-order valence-corrected chi connectivity index (χ2v) is 10.7. The van der Waals surface area contributed by atoms with Gasteiger partial charge in [0.25, 0.3) is 15.9 Å². The van der Waals surface area contributed by atoms with Gasteiger partial charge < -0.3 is 19.0 Å².